The molecule has 0 bridgehead atoms. The number of benzene rings is 2. The molecule has 0 aliphatic rings. The predicted octanol–water partition coefficient (Wildman–Crippen LogP) is 3.95. The molecule has 2 aromatic carbocycles. The zero-order chi connectivity index (χ0) is 17.5. The molecule has 0 saturated heterocycles. The molecule has 4 nitrogen and oxygen atoms in total. The number of carbonyl (C=O) groups is 1. The van der Waals surface area contributed by atoms with Gasteiger partial charge in [0.1, 0.15) is 0 Å². The smallest absolute Gasteiger partial charge is 0.317 e. The third kappa shape index (κ3) is 5.26. The highest BCUT2D eigenvalue weighted by molar-refractivity contribution is 5.73. The number of rotatable bonds is 6. The standard InChI is InChI=1S/C19H23FN2O2/c1-14(2)24-18-10-9-16(11-17(18)20)12-21-19(23)22(3)13-15-7-5-4-6-8-15/h4-11,14H,12-13H2,1-3H3,(H,21,23). The van der Waals surface area contributed by atoms with E-state index in [0.29, 0.717) is 12.1 Å². The minimum atomic E-state index is -0.423. The minimum absolute atomic E-state index is 0.0864. The molecule has 0 heterocycles. The number of nitrogens with zero attached hydrogens (tertiary/aromatic N) is 1. The number of hydrogen-bond donors (Lipinski definition) is 1. The first-order chi connectivity index (χ1) is 11.5. The Hall–Kier alpha value is -2.56. The summed E-state index contributed by atoms with van der Waals surface area (Å²) in [7, 11) is 1.72. The van der Waals surface area contributed by atoms with E-state index in [-0.39, 0.29) is 24.4 Å². The molecule has 0 aromatic heterocycles. The third-order valence-electron chi connectivity index (χ3n) is 3.41. The van der Waals surface area contributed by atoms with Crippen LogP contribution in [0, 0.1) is 5.82 Å². The fourth-order valence-electron chi connectivity index (χ4n) is 2.25. The highest BCUT2D eigenvalue weighted by Crippen LogP contribution is 2.19. The number of carbonyl (C=O) groups excluding carboxylic acids is 1. The lowest BCUT2D eigenvalue weighted by molar-refractivity contribution is 0.206. The van der Waals surface area contributed by atoms with Gasteiger partial charge in [-0.05, 0) is 37.1 Å². The first-order valence-electron chi connectivity index (χ1n) is 7.93. The number of ether oxygens (including phenoxy) is 1. The zero-order valence-electron chi connectivity index (χ0n) is 14.3. The van der Waals surface area contributed by atoms with Crippen LogP contribution in [0.5, 0.6) is 5.75 Å². The van der Waals surface area contributed by atoms with E-state index in [0.717, 1.165) is 5.56 Å². The summed E-state index contributed by atoms with van der Waals surface area (Å²) in [6.45, 7) is 4.46. The molecular formula is C19H23FN2O2. The van der Waals surface area contributed by atoms with Gasteiger partial charge in [0.2, 0.25) is 0 Å². The Morgan fingerprint density at radius 1 is 1.17 bits per heavy atom. The average molecular weight is 330 g/mol. The summed E-state index contributed by atoms with van der Waals surface area (Å²) in [6.07, 6.45) is -0.0864. The Kier molecular flexibility index (Phi) is 6.18. The van der Waals surface area contributed by atoms with Gasteiger partial charge in [-0.3, -0.25) is 0 Å². The molecule has 0 aliphatic heterocycles. The van der Waals surface area contributed by atoms with Crippen molar-refractivity contribution in [3.05, 3.63) is 65.5 Å². The van der Waals surface area contributed by atoms with E-state index < -0.39 is 5.82 Å². The molecule has 0 aliphatic carbocycles. The van der Waals surface area contributed by atoms with Crippen molar-refractivity contribution in [1.29, 1.82) is 0 Å². The highest BCUT2D eigenvalue weighted by atomic mass is 19.1. The normalized spacial score (nSPS) is 10.5. The van der Waals surface area contributed by atoms with Gasteiger partial charge < -0.3 is 15.0 Å². The molecule has 2 amide bonds. The topological polar surface area (TPSA) is 41.6 Å². The Morgan fingerprint density at radius 3 is 2.50 bits per heavy atom. The van der Waals surface area contributed by atoms with E-state index >= 15 is 0 Å². The maximum absolute atomic E-state index is 13.9. The lowest BCUT2D eigenvalue weighted by atomic mass is 10.2. The van der Waals surface area contributed by atoms with Crippen molar-refractivity contribution >= 4 is 6.03 Å². The van der Waals surface area contributed by atoms with E-state index in [2.05, 4.69) is 5.32 Å². The SMILES string of the molecule is CC(C)Oc1ccc(CNC(=O)N(C)Cc2ccccc2)cc1F. The van der Waals surface area contributed by atoms with Crippen LogP contribution >= 0.6 is 0 Å². The maximum atomic E-state index is 13.9. The van der Waals surface area contributed by atoms with Crippen LogP contribution in [-0.4, -0.2) is 24.1 Å². The van der Waals surface area contributed by atoms with Crippen LogP contribution in [0.3, 0.4) is 0 Å². The molecule has 1 N–H and O–H groups in total. The fourth-order valence-corrected chi connectivity index (χ4v) is 2.25. The van der Waals surface area contributed by atoms with Gasteiger partial charge >= 0.3 is 6.03 Å². The molecule has 0 saturated carbocycles. The Morgan fingerprint density at radius 2 is 1.88 bits per heavy atom. The summed E-state index contributed by atoms with van der Waals surface area (Å²) in [4.78, 5) is 13.7. The van der Waals surface area contributed by atoms with Gasteiger partial charge in [0.15, 0.2) is 11.6 Å². The minimum Gasteiger partial charge on any atom is -0.488 e. The largest absolute Gasteiger partial charge is 0.488 e. The lowest BCUT2D eigenvalue weighted by Gasteiger charge is -2.18. The van der Waals surface area contributed by atoms with Crippen LogP contribution in [0.4, 0.5) is 9.18 Å². The summed E-state index contributed by atoms with van der Waals surface area (Å²) in [6, 6.07) is 14.2. The van der Waals surface area contributed by atoms with Gasteiger partial charge in [-0.2, -0.15) is 0 Å². The molecule has 0 fully saturated rings. The van der Waals surface area contributed by atoms with Crippen molar-refractivity contribution in [1.82, 2.24) is 10.2 Å². The van der Waals surface area contributed by atoms with Crippen molar-refractivity contribution in [2.24, 2.45) is 0 Å². The van der Waals surface area contributed by atoms with E-state index in [1.807, 2.05) is 44.2 Å². The summed E-state index contributed by atoms with van der Waals surface area (Å²) in [5.41, 5.74) is 1.74. The molecule has 5 heteroatoms. The quantitative estimate of drug-likeness (QED) is 0.871. The second-order valence-corrected chi connectivity index (χ2v) is 5.93. The third-order valence-corrected chi connectivity index (χ3v) is 3.41. The second kappa shape index (κ2) is 8.34. The Bertz CT molecular complexity index is 674. The zero-order valence-corrected chi connectivity index (χ0v) is 14.3. The highest BCUT2D eigenvalue weighted by Gasteiger charge is 2.10. The van der Waals surface area contributed by atoms with Gasteiger partial charge in [-0.15, -0.1) is 0 Å². The van der Waals surface area contributed by atoms with Crippen molar-refractivity contribution < 1.29 is 13.9 Å². The van der Waals surface area contributed by atoms with Gasteiger partial charge in [0, 0.05) is 20.1 Å². The molecular weight excluding hydrogens is 307 g/mol. The number of urea groups is 1. The molecule has 0 unspecified atom stereocenters. The fraction of sp³-hybridized carbons (Fsp3) is 0.316. The van der Waals surface area contributed by atoms with Crippen LogP contribution < -0.4 is 10.1 Å². The first-order valence-corrected chi connectivity index (χ1v) is 7.93. The van der Waals surface area contributed by atoms with Crippen LogP contribution in [0.1, 0.15) is 25.0 Å². The second-order valence-electron chi connectivity index (χ2n) is 5.93. The van der Waals surface area contributed by atoms with E-state index in [9.17, 15) is 9.18 Å². The van der Waals surface area contributed by atoms with Gasteiger partial charge in [0.05, 0.1) is 6.10 Å². The number of nitrogens with one attached hydrogen (secondary N) is 1. The summed E-state index contributed by atoms with van der Waals surface area (Å²) in [5.74, 6) is -0.200. The maximum Gasteiger partial charge on any atom is 0.317 e. The molecule has 24 heavy (non-hydrogen) atoms. The van der Waals surface area contributed by atoms with Crippen LogP contribution in [0.25, 0.3) is 0 Å². The molecule has 0 spiro atoms. The summed E-state index contributed by atoms with van der Waals surface area (Å²) >= 11 is 0. The van der Waals surface area contributed by atoms with Crippen LogP contribution in [0.2, 0.25) is 0 Å². The van der Waals surface area contributed by atoms with Gasteiger partial charge in [-0.25, -0.2) is 9.18 Å². The predicted molar refractivity (Wildman–Crippen MR) is 92.3 cm³/mol. The summed E-state index contributed by atoms with van der Waals surface area (Å²) < 4.78 is 19.3. The van der Waals surface area contributed by atoms with E-state index in [1.165, 1.54) is 6.07 Å². The Labute approximate surface area is 142 Å². The lowest BCUT2D eigenvalue weighted by Crippen LogP contribution is -2.36. The van der Waals surface area contributed by atoms with Gasteiger partial charge in [0.25, 0.3) is 0 Å². The van der Waals surface area contributed by atoms with Crippen molar-refractivity contribution in [2.75, 3.05) is 7.05 Å². The van der Waals surface area contributed by atoms with Gasteiger partial charge in [-0.1, -0.05) is 36.4 Å². The first kappa shape index (κ1) is 17.8. The molecule has 2 rings (SSSR count). The van der Waals surface area contributed by atoms with Crippen LogP contribution in [-0.2, 0) is 13.1 Å². The van der Waals surface area contributed by atoms with E-state index in [4.69, 9.17) is 4.74 Å². The van der Waals surface area contributed by atoms with Crippen molar-refractivity contribution in [2.45, 2.75) is 33.0 Å². The summed E-state index contributed by atoms with van der Waals surface area (Å²) in [5, 5.41) is 2.79. The monoisotopic (exact) mass is 330 g/mol. The number of amides is 2. The molecule has 0 radical (unpaired) electrons. The number of hydrogen-bond acceptors (Lipinski definition) is 2. The molecule has 2 aromatic rings. The van der Waals surface area contributed by atoms with E-state index in [1.54, 1.807) is 24.1 Å². The van der Waals surface area contributed by atoms with Crippen molar-refractivity contribution in [3.8, 4) is 5.75 Å². The average Bonchev–Trinajstić information content (AvgIpc) is 2.55. The van der Waals surface area contributed by atoms with Crippen molar-refractivity contribution in [3.63, 3.8) is 0 Å². The molecule has 128 valence electrons. The molecule has 0 atom stereocenters. The Balaban J connectivity index is 1.88. The number of halogens is 1. The van der Waals surface area contributed by atoms with Crippen LogP contribution in [0.15, 0.2) is 48.5 Å².